The van der Waals surface area contributed by atoms with Crippen LogP contribution in [0.25, 0.3) is 0 Å². The van der Waals surface area contributed by atoms with Gasteiger partial charge < -0.3 is 38.5 Å². The molecule has 3 N–H and O–H groups in total. The fraction of sp³-hybridized carbons (Fsp3) is 0.952. The van der Waals surface area contributed by atoms with Gasteiger partial charge in [0.25, 0.3) is 0 Å². The van der Waals surface area contributed by atoms with Crippen LogP contribution in [-0.4, -0.2) is 77.7 Å². The first kappa shape index (κ1) is 46.9. The molecule has 0 bridgehead atoms. The molecule has 2 aliphatic rings. The number of aliphatic hydroxyl groups is 3. The summed E-state index contributed by atoms with van der Waals surface area (Å²) in [6.07, 6.45) is 22.4. The SMILES string of the molecule is CCCCCCC[C@H](O)CC[C@@H]1[C@@H](C/C=C/C[C@@H]2[C@@H](CC[C@H](CCCCCCC)OS)[C@H](OC(C)OCC)C[C@@H]2O)[C@@H](O)C[C@H]1OC(C)OCC. The monoisotopic (exact) mass is 745 g/mol. The van der Waals surface area contributed by atoms with Gasteiger partial charge in [0.1, 0.15) is 0 Å². The zero-order valence-electron chi connectivity index (χ0n) is 33.5. The van der Waals surface area contributed by atoms with Gasteiger partial charge in [-0.1, -0.05) is 90.2 Å². The van der Waals surface area contributed by atoms with Crippen molar-refractivity contribution in [1.82, 2.24) is 0 Å². The van der Waals surface area contributed by atoms with E-state index in [-0.39, 0.29) is 60.7 Å². The van der Waals surface area contributed by atoms with E-state index >= 15 is 0 Å². The molecule has 51 heavy (non-hydrogen) atoms. The Morgan fingerprint density at radius 2 is 1.06 bits per heavy atom. The number of allylic oxidation sites excluding steroid dienone is 2. The minimum atomic E-state index is -0.465. The summed E-state index contributed by atoms with van der Waals surface area (Å²) >= 11 is 4.23. The number of ether oxygens (including phenoxy) is 4. The lowest BCUT2D eigenvalue weighted by Gasteiger charge is -2.28. The van der Waals surface area contributed by atoms with Gasteiger partial charge >= 0.3 is 0 Å². The first-order chi connectivity index (χ1) is 24.7. The molecular weight excluding hydrogens is 665 g/mol. The highest BCUT2D eigenvalue weighted by Gasteiger charge is 2.44. The van der Waals surface area contributed by atoms with Gasteiger partial charge in [-0.15, -0.1) is 0 Å². The third-order valence-corrected chi connectivity index (χ3v) is 11.9. The van der Waals surface area contributed by atoms with Crippen molar-refractivity contribution in [2.24, 2.45) is 23.7 Å². The highest BCUT2D eigenvalue weighted by atomic mass is 32.1. The second-order valence-corrected chi connectivity index (χ2v) is 15.8. The van der Waals surface area contributed by atoms with Crippen LogP contribution in [0.1, 0.15) is 170 Å². The van der Waals surface area contributed by atoms with Crippen LogP contribution in [0.4, 0.5) is 0 Å². The lowest BCUT2D eigenvalue weighted by atomic mass is 9.84. The first-order valence-corrected chi connectivity index (χ1v) is 21.6. The van der Waals surface area contributed by atoms with Gasteiger partial charge in [-0.25, -0.2) is 0 Å². The number of thiol groups is 1. The standard InChI is InChI=1S/C42H80O8S/c1-7-11-13-15-17-21-33(43)25-27-37-35(39(44)29-41(37)48-31(5)46-9-3)23-19-20-24-36-38(42(30-40(36)45)49-32(6)47-10-4)28-26-34(50-51)22-18-16-14-12-8-2/h19-20,31-45,51H,7-18,21-30H2,1-6H3/b20-19+/t31?,32?,33-,34-,35+,36+,37+,38+,39-,40-,41+,42+/m0/s1. The van der Waals surface area contributed by atoms with Crippen molar-refractivity contribution in [3.05, 3.63) is 12.2 Å². The Bertz CT molecular complexity index is 863. The Kier molecular flexibility index (Phi) is 26.0. The second-order valence-electron chi connectivity index (χ2n) is 15.5. The van der Waals surface area contributed by atoms with Crippen LogP contribution in [0.3, 0.4) is 0 Å². The summed E-state index contributed by atoms with van der Waals surface area (Å²) in [6.45, 7) is 13.4. The van der Waals surface area contributed by atoms with Crippen LogP contribution < -0.4 is 0 Å². The molecule has 2 unspecified atom stereocenters. The van der Waals surface area contributed by atoms with Crippen molar-refractivity contribution in [3.63, 3.8) is 0 Å². The van der Waals surface area contributed by atoms with Gasteiger partial charge in [0.15, 0.2) is 12.6 Å². The van der Waals surface area contributed by atoms with E-state index in [0.29, 0.717) is 26.1 Å². The molecule has 0 aliphatic heterocycles. The van der Waals surface area contributed by atoms with Crippen molar-refractivity contribution >= 4 is 12.9 Å². The molecule has 0 amide bonds. The Labute approximate surface area is 318 Å². The van der Waals surface area contributed by atoms with Crippen LogP contribution in [-0.2, 0) is 23.1 Å². The lowest BCUT2D eigenvalue weighted by molar-refractivity contribution is -0.168. The third-order valence-electron chi connectivity index (χ3n) is 11.6. The average Bonchev–Trinajstić information content (AvgIpc) is 3.55. The van der Waals surface area contributed by atoms with E-state index in [0.717, 1.165) is 64.2 Å². The Morgan fingerprint density at radius 3 is 1.51 bits per heavy atom. The predicted octanol–water partition coefficient (Wildman–Crippen LogP) is 9.72. The molecule has 2 fully saturated rings. The molecule has 9 heteroatoms. The van der Waals surface area contributed by atoms with Crippen molar-refractivity contribution in [3.8, 4) is 0 Å². The summed E-state index contributed by atoms with van der Waals surface area (Å²) in [5, 5.41) is 33.4. The smallest absolute Gasteiger partial charge is 0.155 e. The maximum atomic E-state index is 11.3. The molecule has 0 saturated heterocycles. The van der Waals surface area contributed by atoms with Crippen LogP contribution in [0.5, 0.6) is 0 Å². The summed E-state index contributed by atoms with van der Waals surface area (Å²) in [6, 6.07) is 0. The summed E-state index contributed by atoms with van der Waals surface area (Å²) in [4.78, 5) is 0. The van der Waals surface area contributed by atoms with E-state index in [2.05, 4.69) is 38.9 Å². The van der Waals surface area contributed by atoms with E-state index in [1.165, 1.54) is 51.4 Å². The molecule has 302 valence electrons. The topological polar surface area (TPSA) is 107 Å². The highest BCUT2D eigenvalue weighted by Crippen LogP contribution is 2.43. The second kappa shape index (κ2) is 28.2. The van der Waals surface area contributed by atoms with Crippen LogP contribution in [0.15, 0.2) is 12.2 Å². The lowest BCUT2D eigenvalue weighted by Crippen LogP contribution is -2.29. The zero-order chi connectivity index (χ0) is 37.4. The van der Waals surface area contributed by atoms with Gasteiger partial charge in [0.05, 0.1) is 36.6 Å². The third kappa shape index (κ3) is 18.3. The zero-order valence-corrected chi connectivity index (χ0v) is 34.4. The summed E-state index contributed by atoms with van der Waals surface area (Å²) in [5.74, 6) is 0.454. The van der Waals surface area contributed by atoms with Crippen molar-refractivity contribution < 1.29 is 38.5 Å². The molecule has 0 aromatic heterocycles. The van der Waals surface area contributed by atoms with E-state index in [4.69, 9.17) is 23.1 Å². The fourth-order valence-electron chi connectivity index (χ4n) is 8.74. The normalized spacial score (nSPS) is 29.2. The molecule has 0 aromatic carbocycles. The molecule has 2 rings (SSSR count). The summed E-state index contributed by atoms with van der Waals surface area (Å²) in [5.41, 5.74) is 0. The molecule has 8 nitrogen and oxygen atoms in total. The van der Waals surface area contributed by atoms with Gasteiger partial charge in [0.2, 0.25) is 0 Å². The van der Waals surface area contributed by atoms with Gasteiger partial charge in [-0.2, -0.15) is 0 Å². The number of hydrogen-bond donors (Lipinski definition) is 4. The molecular formula is C42H80O8S. The molecule has 0 radical (unpaired) electrons. The number of rotatable bonds is 31. The molecule has 0 aromatic rings. The maximum absolute atomic E-state index is 11.3. The van der Waals surface area contributed by atoms with Crippen molar-refractivity contribution in [2.75, 3.05) is 13.2 Å². The number of unbranched alkanes of at least 4 members (excludes halogenated alkanes) is 8. The summed E-state index contributed by atoms with van der Waals surface area (Å²) in [7, 11) is 0. The van der Waals surface area contributed by atoms with E-state index in [1.54, 1.807) is 0 Å². The predicted molar refractivity (Wildman–Crippen MR) is 211 cm³/mol. The van der Waals surface area contributed by atoms with Crippen molar-refractivity contribution in [1.29, 1.82) is 0 Å². The fourth-order valence-corrected chi connectivity index (χ4v) is 8.95. The van der Waals surface area contributed by atoms with E-state index in [1.807, 2.05) is 27.7 Å². The van der Waals surface area contributed by atoms with E-state index in [9.17, 15) is 15.3 Å². The minimum absolute atomic E-state index is 0.0508. The van der Waals surface area contributed by atoms with Crippen LogP contribution in [0.2, 0.25) is 0 Å². The van der Waals surface area contributed by atoms with Crippen LogP contribution >= 0.6 is 12.9 Å². The van der Waals surface area contributed by atoms with Crippen molar-refractivity contribution in [2.45, 2.75) is 219 Å². The van der Waals surface area contributed by atoms with Gasteiger partial charge in [-0.3, -0.25) is 0 Å². The molecule has 2 saturated carbocycles. The Morgan fingerprint density at radius 1 is 0.608 bits per heavy atom. The Balaban J connectivity index is 2.06. The minimum Gasteiger partial charge on any atom is -0.393 e. The number of aliphatic hydroxyl groups excluding tert-OH is 3. The van der Waals surface area contributed by atoms with E-state index < -0.39 is 12.2 Å². The highest BCUT2D eigenvalue weighted by molar-refractivity contribution is 7.75. The molecule has 0 heterocycles. The maximum Gasteiger partial charge on any atom is 0.155 e. The summed E-state index contributed by atoms with van der Waals surface area (Å²) < 4.78 is 29.8. The van der Waals surface area contributed by atoms with Gasteiger partial charge in [-0.05, 0) is 116 Å². The first-order valence-electron chi connectivity index (χ1n) is 21.2. The quantitative estimate of drug-likeness (QED) is 0.0183. The molecule has 0 spiro atoms. The largest absolute Gasteiger partial charge is 0.393 e. The number of hydrogen-bond acceptors (Lipinski definition) is 9. The molecule has 2 aliphatic carbocycles. The Hall–Kier alpha value is -0.230. The van der Waals surface area contributed by atoms with Crippen LogP contribution in [0, 0.1) is 23.7 Å². The average molecular weight is 745 g/mol. The molecule has 12 atom stereocenters. The van der Waals surface area contributed by atoms with Gasteiger partial charge in [0, 0.05) is 26.1 Å².